The van der Waals surface area contributed by atoms with Crippen LogP contribution in [0.4, 0.5) is 0 Å². The van der Waals surface area contributed by atoms with Crippen molar-refractivity contribution in [3.05, 3.63) is 108 Å². The van der Waals surface area contributed by atoms with Crippen molar-refractivity contribution in [2.24, 2.45) is 0 Å². The van der Waals surface area contributed by atoms with E-state index in [0.29, 0.717) is 18.4 Å². The van der Waals surface area contributed by atoms with Gasteiger partial charge in [-0.25, -0.2) is 0 Å². The molecule has 684 valence electrons. The third-order valence-corrected chi connectivity index (χ3v) is 18.7. The smallest absolute Gasteiger partial charge is 0.303 e. The zero-order valence-corrected chi connectivity index (χ0v) is 70.8. The van der Waals surface area contributed by atoms with Crippen LogP contribution in [0.5, 0.6) is 0 Å². The summed E-state index contributed by atoms with van der Waals surface area (Å²) in [6.07, 6.45) is -42.8. The molecule has 3 aromatic rings. The first-order valence-corrected chi connectivity index (χ1v) is 39.7. The molecule has 41 nitrogen and oxygen atoms in total. The molecule has 0 radical (unpaired) electrons. The summed E-state index contributed by atoms with van der Waals surface area (Å²) in [7, 11) is 0. The molecule has 0 unspecified atom stereocenters. The fourth-order valence-corrected chi connectivity index (χ4v) is 14.1. The Hall–Kier alpha value is -10.3. The summed E-state index contributed by atoms with van der Waals surface area (Å²) >= 11 is 0. The number of unbranched alkanes of at least 4 members (excludes halogenated alkanes) is 1. The van der Waals surface area contributed by atoms with E-state index in [4.69, 9.17) is 128 Å². The highest BCUT2D eigenvalue weighted by molar-refractivity contribution is 5.72. The first-order chi connectivity index (χ1) is 59.0. The number of hydrogen-bond acceptors (Lipinski definition) is 41. The number of hydrogen-bond donors (Lipinski definition) is 0. The van der Waals surface area contributed by atoms with E-state index in [-0.39, 0.29) is 33.0 Å². The Balaban J connectivity index is 1.18. The van der Waals surface area contributed by atoms with E-state index in [1.54, 1.807) is 0 Å². The second-order valence-corrected chi connectivity index (χ2v) is 28.9. The van der Waals surface area contributed by atoms with E-state index in [2.05, 4.69) is 0 Å². The molecule has 0 aliphatic carbocycles. The minimum absolute atomic E-state index is 0.00693. The van der Waals surface area contributed by atoms with Gasteiger partial charge in [0.2, 0.25) is 0 Å². The molecule has 8 rings (SSSR count). The summed E-state index contributed by atoms with van der Waals surface area (Å²) in [4.78, 5) is 182. The van der Waals surface area contributed by atoms with Crippen LogP contribution in [0.1, 0.15) is 126 Å². The maximum atomic E-state index is 13.5. The van der Waals surface area contributed by atoms with Crippen LogP contribution >= 0.6 is 0 Å². The standard InChI is InChI=1S/C83H106O41/c1-42(84)98-32-24-25-33-99-79-74(103-36-58-30-22-17-23-31-58)69(102-35-57-28-20-16-21-29-57)64(101-34-56-26-18-15-19-27-56)59(120-79)38-104-80-76(117-53(12)95)71(113-49(8)91)66(109-45(4)87)61(122-80)40-106-82-78(119-55(14)97)73(115-51(10)93)68(111-47(6)89)63(124-82)41-107-83-77(118-54(13)96)72(114-50(9)92)67(110-46(5)88)62(123-83)39-105-81-75(116-52(11)94)70(112-48(7)90)65(108-44(3)86)60(121-81)37-100-43(2)85/h15-23,26-31,59-83H,24-25,32-41H2,1-14H3/t59-,60-,61-,62-,63-,64-,65-,66-,67-,68-,69+,70+,71+,72+,73+,74-,75-,76-,77-,78-,79-,80-,81-,82-,83-/m1/s1. The van der Waals surface area contributed by atoms with Crippen LogP contribution in [-0.4, -0.2) is 283 Å². The number of carbonyl (C=O) groups excluding carboxylic acids is 14. The van der Waals surface area contributed by atoms with Gasteiger partial charge >= 0.3 is 83.6 Å². The van der Waals surface area contributed by atoms with Crippen molar-refractivity contribution < 1.29 is 195 Å². The Labute approximate surface area is 713 Å². The summed E-state index contributed by atoms with van der Waals surface area (Å²) in [6.45, 7) is 9.77. The van der Waals surface area contributed by atoms with Gasteiger partial charge in [-0.3, -0.25) is 67.1 Å². The number of esters is 14. The quantitative estimate of drug-likeness (QED) is 0.0445. The SMILES string of the molecule is CC(=O)OCCCCO[C@@H]1O[C@H](CO[C@@H]2O[C@H](CO[C@@H]3O[C@H](CO[C@@H]4O[C@H](CO[C@@H]5O[C@H](COC(C)=O)[C@@H](OC(C)=O)[C@H](OC(C)=O)[C@H]5OC(C)=O)[C@@H](OC(C)=O)[C@H](OC(C)=O)[C@H]4OC(C)=O)[C@@H](OC(C)=O)[C@H](OC(C)=O)[C@H]3OC(C)=O)[C@@H](OC(C)=O)[C@H](OC(C)=O)[C@H]2OC(C)=O)[C@@H](OCc2ccccc2)[C@H](OCc2ccccc2)[C@H]1OCc1ccccc1. The van der Waals surface area contributed by atoms with Crippen molar-refractivity contribution in [2.75, 3.05) is 46.2 Å². The lowest BCUT2D eigenvalue weighted by Crippen LogP contribution is -2.66. The van der Waals surface area contributed by atoms with E-state index in [1.807, 2.05) is 91.0 Å². The van der Waals surface area contributed by atoms with E-state index in [1.165, 1.54) is 6.92 Å². The molecule has 5 aliphatic heterocycles. The van der Waals surface area contributed by atoms with Crippen LogP contribution in [0, 0.1) is 0 Å². The van der Waals surface area contributed by atoms with Crippen LogP contribution in [0.15, 0.2) is 91.0 Å². The molecule has 0 saturated carbocycles. The first kappa shape index (κ1) is 99.1. The van der Waals surface area contributed by atoms with Crippen molar-refractivity contribution >= 4 is 83.6 Å². The van der Waals surface area contributed by atoms with Crippen molar-refractivity contribution in [1.29, 1.82) is 0 Å². The molecule has 0 aromatic heterocycles. The van der Waals surface area contributed by atoms with Crippen LogP contribution in [0.3, 0.4) is 0 Å². The molecule has 5 aliphatic rings. The summed E-state index contributed by atoms with van der Waals surface area (Å²) in [6, 6.07) is 27.5. The highest BCUT2D eigenvalue weighted by atomic mass is 16.8. The van der Waals surface area contributed by atoms with Crippen molar-refractivity contribution in [1.82, 2.24) is 0 Å². The van der Waals surface area contributed by atoms with Crippen LogP contribution in [-0.2, 0) is 215 Å². The Morgan fingerprint density at radius 3 is 0.694 bits per heavy atom. The summed E-state index contributed by atoms with van der Waals surface area (Å²) in [5.74, 6) is -13.9. The third kappa shape index (κ3) is 30.8. The Morgan fingerprint density at radius 2 is 0.427 bits per heavy atom. The number of rotatable bonds is 41. The predicted octanol–water partition coefficient (Wildman–Crippen LogP) is 3.54. The lowest BCUT2D eigenvalue weighted by Gasteiger charge is -2.48. The molecule has 0 spiro atoms. The van der Waals surface area contributed by atoms with Gasteiger partial charge in [0.05, 0.1) is 52.9 Å². The van der Waals surface area contributed by atoms with Crippen LogP contribution in [0.25, 0.3) is 0 Å². The van der Waals surface area contributed by atoms with Gasteiger partial charge in [-0.15, -0.1) is 0 Å². The summed E-state index contributed by atoms with van der Waals surface area (Å²) < 4.78 is 165. The lowest BCUT2D eigenvalue weighted by atomic mass is 9.96. The zero-order valence-electron chi connectivity index (χ0n) is 70.8. The van der Waals surface area contributed by atoms with Crippen molar-refractivity contribution in [2.45, 2.75) is 283 Å². The summed E-state index contributed by atoms with van der Waals surface area (Å²) in [5.41, 5.74) is 2.24. The molecule has 41 heteroatoms. The van der Waals surface area contributed by atoms with Gasteiger partial charge in [0.1, 0.15) is 55.4 Å². The molecule has 124 heavy (non-hydrogen) atoms. The van der Waals surface area contributed by atoms with E-state index in [9.17, 15) is 67.1 Å². The Kier molecular flexibility index (Phi) is 39.1. The zero-order chi connectivity index (χ0) is 90.4. The van der Waals surface area contributed by atoms with Gasteiger partial charge in [0.15, 0.2) is 105 Å². The fraction of sp³-hybridized carbons (Fsp3) is 0.614. The second-order valence-electron chi connectivity index (χ2n) is 28.9. The van der Waals surface area contributed by atoms with E-state index in [0.717, 1.165) is 101 Å². The second kappa shape index (κ2) is 48.8. The molecule has 3 aromatic carbocycles. The van der Waals surface area contributed by atoms with Gasteiger partial charge in [-0.05, 0) is 29.5 Å². The molecule has 0 amide bonds. The highest BCUT2D eigenvalue weighted by Crippen LogP contribution is 2.39. The molecular weight excluding hydrogens is 1650 g/mol. The molecule has 25 atom stereocenters. The molecule has 5 heterocycles. The monoisotopic (exact) mass is 1760 g/mol. The third-order valence-electron chi connectivity index (χ3n) is 18.7. The summed E-state index contributed by atoms with van der Waals surface area (Å²) in [5, 5.41) is 0. The van der Waals surface area contributed by atoms with Gasteiger partial charge in [-0.2, -0.15) is 0 Å². The predicted molar refractivity (Wildman–Crippen MR) is 407 cm³/mol. The molecular formula is C83H106O41. The Morgan fingerprint density at radius 1 is 0.210 bits per heavy atom. The maximum absolute atomic E-state index is 13.5. The van der Waals surface area contributed by atoms with Crippen molar-refractivity contribution in [3.63, 3.8) is 0 Å². The molecule has 0 bridgehead atoms. The average Bonchev–Trinajstić information content (AvgIpc) is 1.66. The molecule has 5 fully saturated rings. The van der Waals surface area contributed by atoms with Gasteiger partial charge in [0.25, 0.3) is 0 Å². The topological polar surface area (TPSA) is 488 Å². The Bertz CT molecular complexity index is 4030. The van der Waals surface area contributed by atoms with Gasteiger partial charge in [-0.1, -0.05) is 91.0 Å². The average molecular weight is 1760 g/mol. The minimum Gasteiger partial charge on any atom is -0.466 e. The van der Waals surface area contributed by atoms with Gasteiger partial charge in [0, 0.05) is 104 Å². The highest BCUT2D eigenvalue weighted by Gasteiger charge is 2.60. The number of ether oxygens (including phenoxy) is 27. The van der Waals surface area contributed by atoms with Crippen molar-refractivity contribution in [3.8, 4) is 0 Å². The van der Waals surface area contributed by atoms with Crippen LogP contribution < -0.4 is 0 Å². The number of benzene rings is 3. The molecule has 0 N–H and O–H groups in total. The largest absolute Gasteiger partial charge is 0.466 e. The normalized spacial score (nSPS) is 29.6. The first-order valence-electron chi connectivity index (χ1n) is 39.7. The van der Waals surface area contributed by atoms with Crippen LogP contribution in [0.2, 0.25) is 0 Å². The number of carbonyl (C=O) groups is 14. The lowest BCUT2D eigenvalue weighted by molar-refractivity contribution is -0.355. The molecule has 5 saturated heterocycles. The minimum atomic E-state index is -2.10. The van der Waals surface area contributed by atoms with E-state index >= 15 is 0 Å². The fourth-order valence-electron chi connectivity index (χ4n) is 14.1. The van der Waals surface area contributed by atoms with Gasteiger partial charge < -0.3 is 128 Å². The maximum Gasteiger partial charge on any atom is 0.303 e. The van der Waals surface area contributed by atoms with E-state index < -0.39 is 270 Å².